The maximum absolute atomic E-state index is 13.7. The lowest BCUT2D eigenvalue weighted by atomic mass is 9.98. The van der Waals surface area contributed by atoms with Crippen molar-refractivity contribution in [3.8, 4) is 5.69 Å². The number of halogens is 2. The highest BCUT2D eigenvalue weighted by molar-refractivity contribution is 5.95. The van der Waals surface area contributed by atoms with Crippen LogP contribution in [0, 0.1) is 11.6 Å². The van der Waals surface area contributed by atoms with Crippen LogP contribution in [0.3, 0.4) is 0 Å². The molecule has 0 saturated heterocycles. The second-order valence-electron chi connectivity index (χ2n) is 9.07. The molecule has 188 valence electrons. The van der Waals surface area contributed by atoms with Crippen molar-refractivity contribution in [2.24, 2.45) is 0 Å². The van der Waals surface area contributed by atoms with E-state index in [1.54, 1.807) is 38.2 Å². The summed E-state index contributed by atoms with van der Waals surface area (Å²) in [6.07, 6.45) is 0.225. The first-order valence-electron chi connectivity index (χ1n) is 11.6. The average molecular weight is 496 g/mol. The maximum Gasteiger partial charge on any atom is 0.263 e. The Bertz CT molecular complexity index is 1370. The van der Waals surface area contributed by atoms with Crippen molar-refractivity contribution in [2.75, 3.05) is 12.4 Å². The first-order valence-corrected chi connectivity index (χ1v) is 11.6. The number of anilines is 1. The maximum atomic E-state index is 13.7. The Morgan fingerprint density at radius 3 is 2.28 bits per heavy atom. The standard InChI is InChI=1S/C26H27F2N5O3/c1-14(2)30-26-31-22-13-32(24(35)17-10-18(27)12-19(28)11-17)15(3)9-21(22)25(36)33(26)20-7-5-16(6-8-20)23(34)29-4/h5-8,10-12,14-15H,9,13H2,1-4H3,(H,29,34)(H,30,31)/t15-/m1/s1. The zero-order valence-electron chi connectivity index (χ0n) is 20.4. The van der Waals surface area contributed by atoms with E-state index in [0.29, 0.717) is 34.5 Å². The topological polar surface area (TPSA) is 96.3 Å². The van der Waals surface area contributed by atoms with E-state index in [1.807, 2.05) is 13.8 Å². The van der Waals surface area contributed by atoms with Crippen LogP contribution < -0.4 is 16.2 Å². The number of benzene rings is 2. The molecule has 2 N–H and O–H groups in total. The fourth-order valence-corrected chi connectivity index (χ4v) is 4.27. The van der Waals surface area contributed by atoms with E-state index in [9.17, 15) is 23.2 Å². The smallest absolute Gasteiger partial charge is 0.263 e. The van der Waals surface area contributed by atoms with Gasteiger partial charge in [-0.05, 0) is 63.6 Å². The summed E-state index contributed by atoms with van der Waals surface area (Å²) in [5.74, 6) is -2.17. The Morgan fingerprint density at radius 2 is 1.69 bits per heavy atom. The molecule has 4 rings (SSSR count). The average Bonchev–Trinajstić information content (AvgIpc) is 2.83. The fourth-order valence-electron chi connectivity index (χ4n) is 4.27. The first-order chi connectivity index (χ1) is 17.1. The van der Waals surface area contributed by atoms with Gasteiger partial charge in [0.15, 0.2) is 0 Å². The fraction of sp³-hybridized carbons (Fsp3) is 0.308. The molecule has 0 saturated carbocycles. The zero-order chi connectivity index (χ0) is 26.1. The van der Waals surface area contributed by atoms with Gasteiger partial charge in [-0.2, -0.15) is 0 Å². The number of amides is 2. The molecule has 2 aromatic carbocycles. The van der Waals surface area contributed by atoms with Crippen molar-refractivity contribution >= 4 is 17.8 Å². The van der Waals surface area contributed by atoms with Gasteiger partial charge in [-0.15, -0.1) is 0 Å². The second-order valence-corrected chi connectivity index (χ2v) is 9.07. The number of nitrogens with zero attached hydrogens (tertiary/aromatic N) is 3. The van der Waals surface area contributed by atoms with Gasteiger partial charge in [-0.25, -0.2) is 18.3 Å². The van der Waals surface area contributed by atoms with Crippen LogP contribution in [0.1, 0.15) is 52.7 Å². The molecular formula is C26H27F2N5O3. The lowest BCUT2D eigenvalue weighted by molar-refractivity contribution is 0.0652. The van der Waals surface area contributed by atoms with Crippen molar-refractivity contribution in [3.05, 3.63) is 86.8 Å². The van der Waals surface area contributed by atoms with Crippen LogP contribution in [-0.2, 0) is 13.0 Å². The van der Waals surface area contributed by atoms with Crippen molar-refractivity contribution in [3.63, 3.8) is 0 Å². The highest BCUT2D eigenvalue weighted by Crippen LogP contribution is 2.25. The summed E-state index contributed by atoms with van der Waals surface area (Å²) in [4.78, 5) is 44.8. The zero-order valence-corrected chi connectivity index (χ0v) is 20.4. The van der Waals surface area contributed by atoms with Crippen molar-refractivity contribution < 1.29 is 18.4 Å². The van der Waals surface area contributed by atoms with Crippen LogP contribution in [0.25, 0.3) is 5.69 Å². The lowest BCUT2D eigenvalue weighted by Gasteiger charge is -2.34. The molecule has 0 fully saturated rings. The third kappa shape index (κ3) is 4.84. The van der Waals surface area contributed by atoms with Gasteiger partial charge in [0.25, 0.3) is 17.4 Å². The Balaban J connectivity index is 1.76. The van der Waals surface area contributed by atoms with E-state index in [2.05, 4.69) is 10.6 Å². The normalized spacial score (nSPS) is 15.0. The molecule has 8 nitrogen and oxygen atoms in total. The van der Waals surface area contributed by atoms with Gasteiger partial charge in [0, 0.05) is 41.9 Å². The summed E-state index contributed by atoms with van der Waals surface area (Å²) >= 11 is 0. The molecule has 1 atom stereocenters. The molecule has 3 aromatic rings. The molecule has 2 heterocycles. The van der Waals surface area contributed by atoms with Gasteiger partial charge in [-0.3, -0.25) is 14.4 Å². The molecular weight excluding hydrogens is 468 g/mol. The lowest BCUT2D eigenvalue weighted by Crippen LogP contribution is -2.46. The number of fused-ring (bicyclic) bond motifs is 1. The number of aromatic nitrogens is 2. The van der Waals surface area contributed by atoms with E-state index in [-0.39, 0.29) is 36.0 Å². The third-order valence-corrected chi connectivity index (χ3v) is 6.02. The Morgan fingerprint density at radius 1 is 1.06 bits per heavy atom. The Kier molecular flexibility index (Phi) is 6.87. The van der Waals surface area contributed by atoms with Gasteiger partial charge in [-0.1, -0.05) is 0 Å². The molecule has 1 aliphatic heterocycles. The van der Waals surface area contributed by atoms with Crippen molar-refractivity contribution in [2.45, 2.75) is 45.8 Å². The summed E-state index contributed by atoms with van der Waals surface area (Å²) in [5.41, 5.74) is 1.48. The minimum absolute atomic E-state index is 0.0198. The molecule has 0 unspecified atom stereocenters. The summed E-state index contributed by atoms with van der Waals surface area (Å²) in [5, 5.41) is 5.74. The van der Waals surface area contributed by atoms with Crippen LogP contribution in [0.4, 0.5) is 14.7 Å². The van der Waals surface area contributed by atoms with Crippen LogP contribution >= 0.6 is 0 Å². The largest absolute Gasteiger partial charge is 0.355 e. The molecule has 0 bridgehead atoms. The van der Waals surface area contributed by atoms with Crippen LogP contribution in [0.2, 0.25) is 0 Å². The number of hydrogen-bond acceptors (Lipinski definition) is 5. The predicted octanol–water partition coefficient (Wildman–Crippen LogP) is 3.28. The summed E-state index contributed by atoms with van der Waals surface area (Å²) < 4.78 is 28.9. The minimum atomic E-state index is -0.838. The molecule has 1 aliphatic rings. The summed E-state index contributed by atoms with van der Waals surface area (Å²) in [6, 6.07) is 8.83. The molecule has 2 amide bonds. The Labute approximate surface area is 207 Å². The van der Waals surface area contributed by atoms with Gasteiger partial charge >= 0.3 is 0 Å². The van der Waals surface area contributed by atoms with Gasteiger partial charge in [0.1, 0.15) is 11.6 Å². The quantitative estimate of drug-likeness (QED) is 0.567. The van der Waals surface area contributed by atoms with Gasteiger partial charge < -0.3 is 15.5 Å². The van der Waals surface area contributed by atoms with E-state index in [0.717, 1.165) is 12.1 Å². The van der Waals surface area contributed by atoms with Crippen LogP contribution in [-0.4, -0.2) is 45.4 Å². The van der Waals surface area contributed by atoms with Crippen LogP contribution in [0.5, 0.6) is 0 Å². The van der Waals surface area contributed by atoms with E-state index in [4.69, 9.17) is 4.98 Å². The van der Waals surface area contributed by atoms with E-state index < -0.39 is 23.6 Å². The second kappa shape index (κ2) is 9.88. The van der Waals surface area contributed by atoms with Crippen molar-refractivity contribution in [1.82, 2.24) is 19.8 Å². The Hall–Kier alpha value is -4.08. The van der Waals surface area contributed by atoms with Gasteiger partial charge in [0.05, 0.1) is 17.9 Å². The summed E-state index contributed by atoms with van der Waals surface area (Å²) in [6.45, 7) is 5.60. The highest BCUT2D eigenvalue weighted by Gasteiger charge is 2.32. The number of hydrogen-bond donors (Lipinski definition) is 2. The van der Waals surface area contributed by atoms with Gasteiger partial charge in [0.2, 0.25) is 5.95 Å². The molecule has 0 radical (unpaired) electrons. The molecule has 36 heavy (non-hydrogen) atoms. The highest BCUT2D eigenvalue weighted by atomic mass is 19.1. The minimum Gasteiger partial charge on any atom is -0.355 e. The first kappa shape index (κ1) is 25.0. The SMILES string of the molecule is CNC(=O)c1ccc(-n2c(NC(C)C)nc3c(c2=O)C[C@@H](C)N(C(=O)c2cc(F)cc(F)c2)C3)cc1. The monoisotopic (exact) mass is 495 g/mol. The third-order valence-electron chi connectivity index (χ3n) is 6.02. The number of rotatable bonds is 5. The van der Waals surface area contributed by atoms with E-state index >= 15 is 0 Å². The molecule has 1 aromatic heterocycles. The van der Waals surface area contributed by atoms with Crippen molar-refractivity contribution in [1.29, 1.82) is 0 Å². The van der Waals surface area contributed by atoms with Crippen LogP contribution in [0.15, 0.2) is 47.3 Å². The summed E-state index contributed by atoms with van der Waals surface area (Å²) in [7, 11) is 1.54. The van der Waals surface area contributed by atoms with E-state index in [1.165, 1.54) is 9.47 Å². The molecule has 10 heteroatoms. The predicted molar refractivity (Wildman–Crippen MR) is 131 cm³/mol. The number of nitrogens with one attached hydrogen (secondary N) is 2. The number of carbonyl (C=O) groups is 2. The number of carbonyl (C=O) groups excluding carboxylic acids is 2. The molecule has 0 aliphatic carbocycles. The molecule has 0 spiro atoms.